The number of hydrogen-bond acceptors (Lipinski definition) is 4. The second-order valence-electron chi connectivity index (χ2n) is 4.57. The molecule has 0 aliphatic heterocycles. The van der Waals surface area contributed by atoms with Gasteiger partial charge in [0.25, 0.3) is 0 Å². The van der Waals surface area contributed by atoms with Gasteiger partial charge in [-0.15, -0.1) is 0 Å². The van der Waals surface area contributed by atoms with Gasteiger partial charge in [0.1, 0.15) is 5.41 Å². The molecule has 1 aromatic carbocycles. The van der Waals surface area contributed by atoms with Gasteiger partial charge < -0.3 is 10.1 Å². The SMILES string of the molecule is COC(=O)C1(C(=O)Nc2cccc(C#N)c2)CCC1. The van der Waals surface area contributed by atoms with E-state index >= 15 is 0 Å². The number of anilines is 1. The minimum Gasteiger partial charge on any atom is -0.468 e. The molecular formula is C14H14N2O3. The minimum atomic E-state index is -1.06. The maximum atomic E-state index is 12.2. The molecule has 98 valence electrons. The summed E-state index contributed by atoms with van der Waals surface area (Å²) in [6, 6.07) is 8.58. The number of benzene rings is 1. The fourth-order valence-electron chi connectivity index (χ4n) is 2.17. The summed E-state index contributed by atoms with van der Waals surface area (Å²) in [7, 11) is 1.28. The van der Waals surface area contributed by atoms with E-state index in [1.165, 1.54) is 7.11 Å². The van der Waals surface area contributed by atoms with Crippen LogP contribution in [0.4, 0.5) is 5.69 Å². The number of nitriles is 1. The predicted molar refractivity (Wildman–Crippen MR) is 68.1 cm³/mol. The summed E-state index contributed by atoms with van der Waals surface area (Å²) in [4.78, 5) is 24.0. The molecule has 1 aliphatic carbocycles. The van der Waals surface area contributed by atoms with Crippen molar-refractivity contribution in [2.24, 2.45) is 5.41 Å². The van der Waals surface area contributed by atoms with Crippen molar-refractivity contribution >= 4 is 17.6 Å². The molecule has 0 unspecified atom stereocenters. The first-order valence-corrected chi connectivity index (χ1v) is 6.02. The van der Waals surface area contributed by atoms with Gasteiger partial charge in [-0.25, -0.2) is 0 Å². The van der Waals surface area contributed by atoms with Crippen molar-refractivity contribution in [2.45, 2.75) is 19.3 Å². The van der Waals surface area contributed by atoms with Gasteiger partial charge in [0.15, 0.2) is 0 Å². The first kappa shape index (κ1) is 13.1. The molecule has 0 aromatic heterocycles. The average Bonchev–Trinajstić information content (AvgIpc) is 2.37. The van der Waals surface area contributed by atoms with Crippen LogP contribution in [0.25, 0.3) is 0 Å². The Labute approximate surface area is 111 Å². The van der Waals surface area contributed by atoms with Crippen molar-refractivity contribution < 1.29 is 14.3 Å². The van der Waals surface area contributed by atoms with E-state index in [1.54, 1.807) is 24.3 Å². The third kappa shape index (κ3) is 2.29. The minimum absolute atomic E-state index is 0.360. The van der Waals surface area contributed by atoms with E-state index in [4.69, 9.17) is 10.00 Å². The van der Waals surface area contributed by atoms with Gasteiger partial charge in [-0.3, -0.25) is 9.59 Å². The van der Waals surface area contributed by atoms with Crippen LogP contribution in [0.1, 0.15) is 24.8 Å². The van der Waals surface area contributed by atoms with Crippen LogP contribution >= 0.6 is 0 Å². The van der Waals surface area contributed by atoms with Crippen LogP contribution in [-0.2, 0) is 14.3 Å². The van der Waals surface area contributed by atoms with E-state index in [9.17, 15) is 9.59 Å². The zero-order valence-corrected chi connectivity index (χ0v) is 10.6. The molecule has 0 radical (unpaired) electrons. The summed E-state index contributed by atoms with van der Waals surface area (Å²) in [6.45, 7) is 0. The van der Waals surface area contributed by atoms with E-state index in [0.717, 1.165) is 6.42 Å². The Bertz CT molecular complexity index is 556. The molecule has 1 amide bonds. The number of amides is 1. The lowest BCUT2D eigenvalue weighted by atomic mass is 9.68. The van der Waals surface area contributed by atoms with Crippen LogP contribution in [0.15, 0.2) is 24.3 Å². The lowest BCUT2D eigenvalue weighted by Crippen LogP contribution is -2.48. The number of carbonyl (C=O) groups excluding carboxylic acids is 2. The van der Waals surface area contributed by atoms with E-state index < -0.39 is 11.4 Å². The molecule has 0 spiro atoms. The van der Waals surface area contributed by atoms with Gasteiger partial charge in [0.05, 0.1) is 18.7 Å². The van der Waals surface area contributed by atoms with Crippen LogP contribution in [0.3, 0.4) is 0 Å². The van der Waals surface area contributed by atoms with Crippen molar-refractivity contribution in [1.29, 1.82) is 5.26 Å². The lowest BCUT2D eigenvalue weighted by molar-refractivity contribution is -0.163. The largest absolute Gasteiger partial charge is 0.468 e. The number of ether oxygens (including phenoxy) is 1. The maximum Gasteiger partial charge on any atom is 0.321 e. The highest BCUT2D eigenvalue weighted by Gasteiger charge is 2.51. The van der Waals surface area contributed by atoms with Gasteiger partial charge in [-0.05, 0) is 31.0 Å². The average molecular weight is 258 g/mol. The smallest absolute Gasteiger partial charge is 0.321 e. The fraction of sp³-hybridized carbons (Fsp3) is 0.357. The lowest BCUT2D eigenvalue weighted by Gasteiger charge is -2.36. The zero-order chi connectivity index (χ0) is 13.9. The molecular weight excluding hydrogens is 244 g/mol. The number of methoxy groups -OCH3 is 1. The summed E-state index contributed by atoms with van der Waals surface area (Å²) in [6.07, 6.45) is 1.84. The van der Waals surface area contributed by atoms with E-state index in [0.29, 0.717) is 24.1 Å². The van der Waals surface area contributed by atoms with Gasteiger partial charge in [0.2, 0.25) is 5.91 Å². The summed E-state index contributed by atoms with van der Waals surface area (Å²) in [5.41, 5.74) is -0.0880. The van der Waals surface area contributed by atoms with Gasteiger partial charge in [-0.1, -0.05) is 12.5 Å². The fourth-order valence-corrected chi connectivity index (χ4v) is 2.17. The van der Waals surface area contributed by atoms with Gasteiger partial charge in [0, 0.05) is 5.69 Å². The van der Waals surface area contributed by atoms with Gasteiger partial charge in [-0.2, -0.15) is 5.26 Å². The molecule has 2 rings (SSSR count). The first-order valence-electron chi connectivity index (χ1n) is 6.02. The number of nitrogens with one attached hydrogen (secondary N) is 1. The Morgan fingerprint density at radius 3 is 2.68 bits per heavy atom. The summed E-state index contributed by atoms with van der Waals surface area (Å²) in [5.74, 6) is -0.853. The monoisotopic (exact) mass is 258 g/mol. The van der Waals surface area contributed by atoms with Crippen molar-refractivity contribution in [3.8, 4) is 6.07 Å². The van der Waals surface area contributed by atoms with Crippen molar-refractivity contribution in [1.82, 2.24) is 0 Å². The van der Waals surface area contributed by atoms with Crippen LogP contribution in [0.5, 0.6) is 0 Å². The number of esters is 1. The molecule has 1 N–H and O–H groups in total. The molecule has 1 aliphatic rings. The zero-order valence-electron chi connectivity index (χ0n) is 10.6. The predicted octanol–water partition coefficient (Wildman–Crippen LogP) is 1.84. The second-order valence-corrected chi connectivity index (χ2v) is 4.57. The van der Waals surface area contributed by atoms with E-state index in [2.05, 4.69) is 5.32 Å². The molecule has 1 aromatic rings. The maximum absolute atomic E-state index is 12.2. The van der Waals surface area contributed by atoms with Crippen LogP contribution in [0, 0.1) is 16.7 Å². The third-order valence-electron chi connectivity index (χ3n) is 3.47. The highest BCUT2D eigenvalue weighted by Crippen LogP contribution is 2.42. The van der Waals surface area contributed by atoms with E-state index in [-0.39, 0.29) is 5.91 Å². The first-order chi connectivity index (χ1) is 9.12. The summed E-state index contributed by atoms with van der Waals surface area (Å²) < 4.78 is 4.71. The van der Waals surface area contributed by atoms with Crippen molar-refractivity contribution in [3.63, 3.8) is 0 Å². The molecule has 0 saturated heterocycles. The Morgan fingerprint density at radius 2 is 2.16 bits per heavy atom. The Balaban J connectivity index is 2.16. The standard InChI is InChI=1S/C14H14N2O3/c1-19-13(18)14(6-3-7-14)12(17)16-11-5-2-4-10(8-11)9-15/h2,4-5,8H,3,6-7H2,1H3,(H,16,17). The van der Waals surface area contributed by atoms with Crippen LogP contribution < -0.4 is 5.32 Å². The highest BCUT2D eigenvalue weighted by molar-refractivity contribution is 6.09. The van der Waals surface area contributed by atoms with Crippen molar-refractivity contribution in [2.75, 3.05) is 12.4 Å². The number of hydrogen-bond donors (Lipinski definition) is 1. The molecule has 0 atom stereocenters. The molecule has 1 saturated carbocycles. The number of nitrogens with zero attached hydrogens (tertiary/aromatic N) is 1. The summed E-state index contributed by atoms with van der Waals surface area (Å²) in [5, 5.41) is 11.5. The highest BCUT2D eigenvalue weighted by atomic mass is 16.5. The molecule has 5 nitrogen and oxygen atoms in total. The quantitative estimate of drug-likeness (QED) is 0.662. The van der Waals surface area contributed by atoms with Crippen molar-refractivity contribution in [3.05, 3.63) is 29.8 Å². The molecule has 0 heterocycles. The summed E-state index contributed by atoms with van der Waals surface area (Å²) >= 11 is 0. The second kappa shape index (κ2) is 5.11. The van der Waals surface area contributed by atoms with Gasteiger partial charge >= 0.3 is 5.97 Å². The molecule has 19 heavy (non-hydrogen) atoms. The Kier molecular flexibility index (Phi) is 3.52. The topological polar surface area (TPSA) is 79.2 Å². The normalized spacial score (nSPS) is 15.8. The Hall–Kier alpha value is -2.35. The Morgan fingerprint density at radius 1 is 1.42 bits per heavy atom. The molecule has 1 fully saturated rings. The van der Waals surface area contributed by atoms with Crippen LogP contribution in [-0.4, -0.2) is 19.0 Å². The number of rotatable bonds is 3. The van der Waals surface area contributed by atoms with Crippen LogP contribution in [0.2, 0.25) is 0 Å². The van der Waals surface area contributed by atoms with E-state index in [1.807, 2.05) is 6.07 Å². The number of carbonyl (C=O) groups is 2. The molecule has 5 heteroatoms. The molecule has 0 bridgehead atoms. The third-order valence-corrected chi connectivity index (χ3v) is 3.47.